The molecular formula is C43H51F4N5OSi. The molecule has 0 aliphatic carbocycles. The minimum atomic E-state index is -3.07. The Kier molecular flexibility index (Phi) is 10.8. The average Bonchev–Trinajstić information content (AvgIpc) is 3.60. The van der Waals surface area contributed by atoms with Crippen molar-refractivity contribution in [2.24, 2.45) is 0 Å². The van der Waals surface area contributed by atoms with E-state index in [9.17, 15) is 4.39 Å². The SMILES string of the molecule is C[C@@H]1Cc2c(ccc3[nH]ncc23)[C@@H](c2c(F)cc(NC3CN(CCCF)C3)cc2F)N1CC(C)(F)CO[Si](c1ccccc1)(c1ccccc1)C(C)(C)C. The first-order chi connectivity index (χ1) is 25.8. The molecule has 0 radical (unpaired) electrons. The number of anilines is 1. The largest absolute Gasteiger partial charge is 0.404 e. The van der Waals surface area contributed by atoms with Crippen molar-refractivity contribution in [1.29, 1.82) is 0 Å². The van der Waals surface area contributed by atoms with E-state index in [4.69, 9.17) is 4.43 Å². The first kappa shape index (κ1) is 38.2. The molecule has 3 heterocycles. The molecule has 6 nitrogen and oxygen atoms in total. The standard InChI is InChI=1S/C43H51F4N5OSi/c1-29-21-35-34(17-18-39-36(35)24-48-50-39)41(40-37(45)22-30(23-38(40)46)49-31-25-51(26-31)20-12-19-44)52(29)27-43(5,47)28-53-54(42(2,3)4,32-13-8-6-9-14-32)33-15-10-7-11-16-33/h6-11,13-18,22-24,29,31,41,49H,12,19-21,25-28H2,1-5H3,(H,48,50)/t29-,41+,43?/m1/s1. The van der Waals surface area contributed by atoms with Crippen LogP contribution in [0.4, 0.5) is 23.2 Å². The zero-order chi connectivity index (χ0) is 38.3. The fourth-order valence-corrected chi connectivity index (χ4v) is 13.4. The summed E-state index contributed by atoms with van der Waals surface area (Å²) in [7, 11) is -3.07. The number of benzene rings is 4. The van der Waals surface area contributed by atoms with Gasteiger partial charge in [-0.15, -0.1) is 0 Å². The Morgan fingerprint density at radius 1 is 0.926 bits per heavy atom. The van der Waals surface area contributed by atoms with E-state index in [1.807, 2.05) is 60.4 Å². The molecule has 3 atom stereocenters. The molecule has 0 bridgehead atoms. The van der Waals surface area contributed by atoms with Gasteiger partial charge in [-0.3, -0.25) is 19.3 Å². The molecular weight excluding hydrogens is 707 g/mol. The van der Waals surface area contributed by atoms with Crippen LogP contribution in [0.2, 0.25) is 5.04 Å². The number of halogens is 4. The van der Waals surface area contributed by atoms with Crippen molar-refractivity contribution >= 4 is 35.3 Å². The van der Waals surface area contributed by atoms with Crippen LogP contribution < -0.4 is 15.7 Å². The van der Waals surface area contributed by atoms with E-state index in [0.29, 0.717) is 38.2 Å². The van der Waals surface area contributed by atoms with Gasteiger partial charge in [0, 0.05) is 48.9 Å². The Hall–Kier alpha value is -4.03. The van der Waals surface area contributed by atoms with Gasteiger partial charge in [0.1, 0.15) is 17.3 Å². The van der Waals surface area contributed by atoms with Crippen molar-refractivity contribution in [3.8, 4) is 0 Å². The smallest absolute Gasteiger partial charge is 0.261 e. The van der Waals surface area contributed by atoms with Crippen molar-refractivity contribution in [1.82, 2.24) is 20.0 Å². The van der Waals surface area contributed by atoms with Gasteiger partial charge in [-0.2, -0.15) is 5.10 Å². The summed E-state index contributed by atoms with van der Waals surface area (Å²) in [5.41, 5.74) is 0.846. The lowest BCUT2D eigenvalue weighted by Crippen LogP contribution is -2.67. The number of aromatic amines is 1. The Balaban J connectivity index is 1.22. The van der Waals surface area contributed by atoms with Crippen molar-refractivity contribution in [3.63, 3.8) is 0 Å². The summed E-state index contributed by atoms with van der Waals surface area (Å²) in [5.74, 6) is -1.39. The highest BCUT2D eigenvalue weighted by molar-refractivity contribution is 6.99. The van der Waals surface area contributed by atoms with Gasteiger partial charge in [0.25, 0.3) is 8.32 Å². The minimum Gasteiger partial charge on any atom is -0.404 e. The average molecular weight is 758 g/mol. The fourth-order valence-electron chi connectivity index (χ4n) is 8.73. The van der Waals surface area contributed by atoms with Crippen molar-refractivity contribution in [3.05, 3.63) is 119 Å². The molecule has 0 spiro atoms. The number of fused-ring (bicyclic) bond motifs is 3. The number of rotatable bonds is 13. The van der Waals surface area contributed by atoms with Crippen molar-refractivity contribution < 1.29 is 22.0 Å². The molecule has 2 aliphatic rings. The summed E-state index contributed by atoms with van der Waals surface area (Å²) in [6, 6.07) is 25.5. The highest BCUT2D eigenvalue weighted by Gasteiger charge is 2.52. The van der Waals surface area contributed by atoms with Crippen LogP contribution in [-0.2, 0) is 10.8 Å². The molecule has 11 heteroatoms. The van der Waals surface area contributed by atoms with E-state index in [1.54, 1.807) is 13.1 Å². The zero-order valence-electron chi connectivity index (χ0n) is 31.8. The van der Waals surface area contributed by atoms with Crippen LogP contribution in [-0.4, -0.2) is 85.5 Å². The van der Waals surface area contributed by atoms with E-state index >= 15 is 13.2 Å². The zero-order valence-corrected chi connectivity index (χ0v) is 32.8. The van der Waals surface area contributed by atoms with Gasteiger partial charge >= 0.3 is 0 Å². The lowest BCUT2D eigenvalue weighted by Gasteiger charge is -2.47. The Labute approximate surface area is 317 Å². The van der Waals surface area contributed by atoms with Gasteiger partial charge in [0.15, 0.2) is 0 Å². The van der Waals surface area contributed by atoms with Gasteiger partial charge in [-0.05, 0) is 71.4 Å². The molecule has 1 saturated heterocycles. The Morgan fingerprint density at radius 3 is 2.15 bits per heavy atom. The highest BCUT2D eigenvalue weighted by atomic mass is 28.4. The molecule has 1 fully saturated rings. The van der Waals surface area contributed by atoms with Crippen LogP contribution >= 0.6 is 0 Å². The predicted molar refractivity (Wildman–Crippen MR) is 212 cm³/mol. The second kappa shape index (κ2) is 15.2. The molecule has 1 aromatic heterocycles. The molecule has 5 aromatic rings. The van der Waals surface area contributed by atoms with Crippen LogP contribution in [0.1, 0.15) is 63.8 Å². The van der Waals surface area contributed by atoms with E-state index in [1.165, 1.54) is 12.1 Å². The highest BCUT2D eigenvalue weighted by Crippen LogP contribution is 2.44. The third-order valence-electron chi connectivity index (χ3n) is 11.3. The van der Waals surface area contributed by atoms with Crippen molar-refractivity contribution in [2.45, 2.75) is 76.3 Å². The van der Waals surface area contributed by atoms with Crippen LogP contribution in [0.3, 0.4) is 0 Å². The number of likely N-dealkylation sites (tertiary alicyclic amines) is 1. The van der Waals surface area contributed by atoms with Crippen LogP contribution in [0, 0.1) is 11.6 Å². The predicted octanol–water partition coefficient (Wildman–Crippen LogP) is 7.94. The quantitative estimate of drug-likeness (QED) is 0.0945. The molecule has 286 valence electrons. The number of hydrogen-bond donors (Lipinski definition) is 2. The maximum Gasteiger partial charge on any atom is 0.261 e. The van der Waals surface area contributed by atoms with Crippen LogP contribution in [0.5, 0.6) is 0 Å². The maximum absolute atomic E-state index is 17.4. The minimum absolute atomic E-state index is 0.0124. The van der Waals surface area contributed by atoms with Gasteiger partial charge < -0.3 is 9.74 Å². The molecule has 0 saturated carbocycles. The molecule has 54 heavy (non-hydrogen) atoms. The van der Waals surface area contributed by atoms with Crippen LogP contribution in [0.25, 0.3) is 10.9 Å². The van der Waals surface area contributed by atoms with E-state index < -0.39 is 31.7 Å². The molecule has 2 N–H and O–H groups in total. The van der Waals surface area contributed by atoms with E-state index in [2.05, 4.69) is 65.5 Å². The Bertz CT molecular complexity index is 1990. The van der Waals surface area contributed by atoms with E-state index in [-0.39, 0.29) is 42.5 Å². The summed E-state index contributed by atoms with van der Waals surface area (Å²) in [6.07, 6.45) is 2.77. The first-order valence-electron chi connectivity index (χ1n) is 19.0. The van der Waals surface area contributed by atoms with Crippen molar-refractivity contribution in [2.75, 3.05) is 44.8 Å². The first-order valence-corrected chi connectivity index (χ1v) is 20.9. The lowest BCUT2D eigenvalue weighted by atomic mass is 9.82. The molecule has 0 amide bonds. The van der Waals surface area contributed by atoms with Crippen LogP contribution in [0.15, 0.2) is 91.1 Å². The fraction of sp³-hybridized carbons (Fsp3) is 0.419. The second-order valence-electron chi connectivity index (χ2n) is 16.5. The third kappa shape index (κ3) is 7.35. The number of H-pyrrole nitrogens is 1. The summed E-state index contributed by atoms with van der Waals surface area (Å²) in [6.45, 7) is 11.3. The lowest BCUT2D eigenvalue weighted by molar-refractivity contribution is 0.0215. The second-order valence-corrected chi connectivity index (χ2v) is 20.8. The molecule has 2 aliphatic heterocycles. The normalized spacial score (nSPS) is 19.7. The molecule has 4 aromatic carbocycles. The van der Waals surface area contributed by atoms with Gasteiger partial charge in [-0.1, -0.05) is 87.5 Å². The third-order valence-corrected chi connectivity index (χ3v) is 16.3. The number of alkyl halides is 2. The monoisotopic (exact) mass is 757 g/mol. The van der Waals surface area contributed by atoms with E-state index in [0.717, 1.165) is 32.4 Å². The number of hydrogen-bond acceptors (Lipinski definition) is 5. The molecule has 1 unspecified atom stereocenters. The van der Waals surface area contributed by atoms with Gasteiger partial charge in [0.2, 0.25) is 0 Å². The van der Waals surface area contributed by atoms with Gasteiger partial charge in [-0.25, -0.2) is 13.2 Å². The van der Waals surface area contributed by atoms with Gasteiger partial charge in [0.05, 0.1) is 37.1 Å². The summed E-state index contributed by atoms with van der Waals surface area (Å²) in [4.78, 5) is 4.02. The summed E-state index contributed by atoms with van der Waals surface area (Å²) < 4.78 is 70.2. The molecule has 7 rings (SSSR count). The topological polar surface area (TPSA) is 56.4 Å². The Morgan fingerprint density at radius 2 is 1.56 bits per heavy atom. The summed E-state index contributed by atoms with van der Waals surface area (Å²) >= 11 is 0. The number of aromatic nitrogens is 2. The summed E-state index contributed by atoms with van der Waals surface area (Å²) in [5, 5.41) is 13.2. The maximum atomic E-state index is 17.4. The number of nitrogens with zero attached hydrogens (tertiary/aromatic N) is 3. The number of nitrogens with one attached hydrogen (secondary N) is 2.